The summed E-state index contributed by atoms with van der Waals surface area (Å²) in [7, 11) is 7.79. The van der Waals surface area contributed by atoms with Gasteiger partial charge in [0.05, 0.1) is 90.3 Å². The summed E-state index contributed by atoms with van der Waals surface area (Å²) in [4.78, 5) is 71.7. The van der Waals surface area contributed by atoms with Crippen LogP contribution in [0.15, 0.2) is 72.8 Å². The van der Waals surface area contributed by atoms with E-state index < -0.39 is 11.9 Å². The number of aliphatic carboxylic acids is 2. The van der Waals surface area contributed by atoms with Crippen LogP contribution in [0.1, 0.15) is 81.6 Å². The molecule has 4 aromatic carbocycles. The number of carboxylic acids is 2. The molecule has 0 atom stereocenters. The zero-order chi connectivity index (χ0) is 66.0. The number of rotatable bonds is 37. The number of aliphatic hydroxyl groups excluding tert-OH is 6. The minimum Gasteiger partial charge on any atom is -0.481 e. The molecule has 0 aliphatic rings. The lowest BCUT2D eigenvalue weighted by atomic mass is 10.2. The number of benzene rings is 4. The Morgan fingerprint density at radius 2 is 0.692 bits per heavy atom. The number of aryl methyl sites for hydroxylation is 8. The van der Waals surface area contributed by atoms with Crippen molar-refractivity contribution in [1.82, 2.24) is 38.2 Å². The molecule has 8 aromatic rings. The van der Waals surface area contributed by atoms with Crippen molar-refractivity contribution in [2.24, 2.45) is 28.2 Å². The minimum absolute atomic E-state index is 0.00641. The van der Waals surface area contributed by atoms with Gasteiger partial charge in [0.2, 0.25) is 0 Å². The number of alkyl halides is 1. The Kier molecular flexibility index (Phi) is 29.2. The van der Waals surface area contributed by atoms with Crippen molar-refractivity contribution < 1.29 is 64.8 Å². The molecule has 26 heteroatoms. The summed E-state index contributed by atoms with van der Waals surface area (Å²) in [5, 5.41) is 73.3. The summed E-state index contributed by atoms with van der Waals surface area (Å²) >= 11 is 5.82. The molecule has 0 bridgehead atoms. The van der Waals surface area contributed by atoms with Gasteiger partial charge in [-0.15, -0.1) is 11.6 Å². The maximum atomic E-state index is 12.6. The summed E-state index contributed by atoms with van der Waals surface area (Å²) in [6.07, 6.45) is 6.16. The molecule has 496 valence electrons. The predicted octanol–water partition coefficient (Wildman–Crippen LogP) is 5.32. The average molecular weight is 1280 g/mol. The zero-order valence-electron chi connectivity index (χ0n) is 53.1. The van der Waals surface area contributed by atoms with Crippen LogP contribution in [0, 0.1) is 0 Å². The molecule has 0 aliphatic heterocycles. The number of carbonyl (C=O) groups excluding carboxylic acids is 2. The number of hydrogen-bond donors (Lipinski definition) is 8. The molecule has 8 N–H and O–H groups in total. The Balaban J connectivity index is 0.000000240. The van der Waals surface area contributed by atoms with Crippen LogP contribution in [0.2, 0.25) is 0 Å². The maximum absolute atomic E-state index is 12.6. The highest BCUT2D eigenvalue weighted by Gasteiger charge is 2.18. The fraction of sp³-hybridized carbons (Fsp3) is 0.508. The van der Waals surface area contributed by atoms with Crippen molar-refractivity contribution in [3.05, 3.63) is 96.1 Å². The molecule has 0 unspecified atom stereocenters. The van der Waals surface area contributed by atoms with Gasteiger partial charge in [-0.3, -0.25) is 14.4 Å². The van der Waals surface area contributed by atoms with E-state index in [2.05, 4.69) is 9.97 Å². The molecule has 8 rings (SSSR count). The lowest BCUT2D eigenvalue weighted by Crippen LogP contribution is -2.31. The standard InChI is InChI=1S/C33H46N6O6.C16H22ClN3O3.C16H23N3O4/c1-24(43)6-4-7-31-34-28-23-26(11-13-30(28)36(31)2)39(16-20-42)17-21-45-33(44)9-5-8-32-35-27-22-25(10-12-29(27)37(32)3)38(14-18-40)15-19-41;1-19-14-6-5-12(20(8-7-17)9-10-21)11-13(14)18-15(19)3-2-4-16(22)23;1-18-14-6-5-12(19(7-9-20)8-10-21)11-13(14)17-15(18)3-2-4-16(22)23/h10-13,22-23,40-42H,4-9,14-21H2,1-3H3;5-6,11,21H,2-4,7-10H2,1H3,(H,22,23);5-6,11,20-21H,2-4,7-10H2,1H3,(H,22,23). The van der Waals surface area contributed by atoms with Gasteiger partial charge in [-0.2, -0.15) is 0 Å². The predicted molar refractivity (Wildman–Crippen MR) is 354 cm³/mol. The molecule has 0 spiro atoms. The molecule has 91 heavy (non-hydrogen) atoms. The first kappa shape index (κ1) is 72.2. The number of imidazole rings is 4. The van der Waals surface area contributed by atoms with Crippen LogP contribution in [0.25, 0.3) is 44.1 Å². The second kappa shape index (κ2) is 36.8. The Labute approximate surface area is 535 Å². The normalized spacial score (nSPS) is 11.3. The highest BCUT2D eigenvalue weighted by molar-refractivity contribution is 6.18. The van der Waals surface area contributed by atoms with E-state index in [4.69, 9.17) is 46.7 Å². The minimum atomic E-state index is -0.797. The van der Waals surface area contributed by atoms with Crippen molar-refractivity contribution in [3.63, 3.8) is 0 Å². The lowest BCUT2D eigenvalue weighted by Gasteiger charge is -2.23. The van der Waals surface area contributed by atoms with Gasteiger partial charge in [0.15, 0.2) is 0 Å². The molecular weight excluding hydrogens is 1190 g/mol. The SMILES string of the molecule is CC(=O)CCCc1nc2cc(N(CCO)CCOC(=O)CCCc3nc4cc(N(CCO)CCO)ccc4n3C)ccc2n1C.Cn1c(CCCC(=O)O)nc2cc(N(CCO)CCCl)ccc21.Cn1c(CCCC(=O)O)nc2cc(N(CCO)CCO)ccc21. The van der Waals surface area contributed by atoms with Crippen LogP contribution in [-0.4, -0.2) is 207 Å². The van der Waals surface area contributed by atoms with Gasteiger partial charge in [-0.25, -0.2) is 19.9 Å². The number of anilines is 4. The van der Waals surface area contributed by atoms with Crippen molar-refractivity contribution in [2.45, 2.75) is 84.0 Å². The molecule has 0 saturated carbocycles. The first-order chi connectivity index (χ1) is 43.9. The molecule has 4 aromatic heterocycles. The van der Waals surface area contributed by atoms with Crippen LogP contribution in [0.3, 0.4) is 0 Å². The smallest absolute Gasteiger partial charge is 0.305 e. The van der Waals surface area contributed by atoms with Gasteiger partial charge in [-0.05, 0) is 105 Å². The summed E-state index contributed by atoms with van der Waals surface area (Å²) in [5.41, 5.74) is 11.0. The third-order valence-electron chi connectivity index (χ3n) is 15.8. The third kappa shape index (κ3) is 20.8. The monoisotopic (exact) mass is 1280 g/mol. The molecule has 4 heterocycles. The van der Waals surface area contributed by atoms with Crippen LogP contribution in [0.5, 0.6) is 0 Å². The number of carboxylic acid groups (broad SMARTS) is 2. The van der Waals surface area contributed by atoms with Crippen molar-refractivity contribution in [1.29, 1.82) is 0 Å². The zero-order valence-corrected chi connectivity index (χ0v) is 53.8. The first-order valence-electron chi connectivity index (χ1n) is 31.0. The second-order valence-corrected chi connectivity index (χ2v) is 22.5. The first-order valence-corrected chi connectivity index (χ1v) is 31.5. The van der Waals surface area contributed by atoms with Crippen LogP contribution in [0.4, 0.5) is 22.7 Å². The number of nitrogens with zero attached hydrogens (tertiary/aromatic N) is 12. The lowest BCUT2D eigenvalue weighted by molar-refractivity contribution is -0.143. The Morgan fingerprint density at radius 3 is 0.967 bits per heavy atom. The number of aromatic nitrogens is 8. The summed E-state index contributed by atoms with van der Waals surface area (Å²) in [6, 6.07) is 23.7. The van der Waals surface area contributed by atoms with E-state index in [-0.39, 0.29) is 77.3 Å². The van der Waals surface area contributed by atoms with Gasteiger partial charge >= 0.3 is 17.9 Å². The molecule has 25 nitrogen and oxygen atoms in total. The molecule has 0 aliphatic carbocycles. The quantitative estimate of drug-likeness (QED) is 0.0180. The molecule has 0 saturated heterocycles. The van der Waals surface area contributed by atoms with E-state index in [0.717, 1.165) is 103 Å². The summed E-state index contributed by atoms with van der Waals surface area (Å²) in [5.74, 6) is 2.33. The van der Waals surface area contributed by atoms with E-state index in [1.807, 2.05) is 139 Å². The summed E-state index contributed by atoms with van der Waals surface area (Å²) < 4.78 is 13.6. The fourth-order valence-corrected chi connectivity index (χ4v) is 11.2. The maximum Gasteiger partial charge on any atom is 0.305 e. The molecule has 0 fully saturated rings. The highest BCUT2D eigenvalue weighted by Crippen LogP contribution is 2.28. The average Bonchev–Trinajstić information content (AvgIpc) is 1.83. The number of fused-ring (bicyclic) bond motifs is 4. The van der Waals surface area contributed by atoms with E-state index in [1.165, 1.54) is 0 Å². The Bertz CT molecular complexity index is 3490. The van der Waals surface area contributed by atoms with Crippen LogP contribution in [-0.2, 0) is 77.8 Å². The number of Topliss-reactive ketones (excluding diaryl/α,β-unsaturated/α-hetero) is 1. The van der Waals surface area contributed by atoms with Crippen LogP contribution >= 0.6 is 11.6 Å². The van der Waals surface area contributed by atoms with Gasteiger partial charge in [-0.1, -0.05) is 0 Å². The molecule has 0 radical (unpaired) electrons. The van der Waals surface area contributed by atoms with Gasteiger partial charge in [0.1, 0.15) is 35.7 Å². The Morgan fingerprint density at radius 1 is 0.418 bits per heavy atom. The number of esters is 1. The van der Waals surface area contributed by atoms with Crippen molar-refractivity contribution in [2.75, 3.05) is 124 Å². The van der Waals surface area contributed by atoms with E-state index in [9.17, 15) is 39.6 Å². The topological polar surface area (TPSA) is 324 Å². The van der Waals surface area contributed by atoms with Crippen molar-refractivity contribution in [3.8, 4) is 0 Å². The van der Waals surface area contributed by atoms with Gasteiger partial charge in [0.25, 0.3) is 0 Å². The number of hydrogen-bond acceptors (Lipinski definition) is 19. The van der Waals surface area contributed by atoms with E-state index in [0.29, 0.717) is 103 Å². The fourth-order valence-electron chi connectivity index (χ4n) is 11.0. The molecular formula is C65H91ClN12O13. The Hall–Kier alpha value is -7.91. The highest BCUT2D eigenvalue weighted by atomic mass is 35.5. The number of halogens is 1. The molecule has 0 amide bonds. The van der Waals surface area contributed by atoms with Gasteiger partial charge < -0.3 is 88.3 Å². The number of ether oxygens (including phenoxy) is 1. The third-order valence-corrected chi connectivity index (χ3v) is 15.9. The van der Waals surface area contributed by atoms with Crippen molar-refractivity contribution >= 4 is 102 Å². The number of ketones is 1. The number of aliphatic hydroxyl groups is 6. The van der Waals surface area contributed by atoms with Crippen LogP contribution < -0.4 is 19.6 Å². The van der Waals surface area contributed by atoms with E-state index >= 15 is 0 Å². The summed E-state index contributed by atoms with van der Waals surface area (Å²) in [6.45, 7) is 5.61. The second-order valence-electron chi connectivity index (χ2n) is 22.1. The van der Waals surface area contributed by atoms with E-state index in [1.54, 1.807) is 6.92 Å². The largest absolute Gasteiger partial charge is 0.481 e. The number of carbonyl (C=O) groups is 4. The van der Waals surface area contributed by atoms with Gasteiger partial charge in [0, 0.05) is 154 Å².